The molecule has 4 rings (SSSR count). The van der Waals surface area contributed by atoms with E-state index in [9.17, 15) is 40.9 Å². The van der Waals surface area contributed by atoms with Crippen LogP contribution in [-0.4, -0.2) is 134 Å². The van der Waals surface area contributed by atoms with E-state index in [1.54, 1.807) is 18.2 Å². The number of aromatic nitrogens is 3. The Hall–Kier alpha value is -3.02. The SMILES string of the molecule is NC(CCCCNc1nc(O)nc(Nc2cc(S(=O)(=O)O)cc3cc(S(=O)(=O)O)c(/N=N/c4ccccc4)c(O)c23)n1)C(=O)O.[NaH].[NaH]. The molecule has 0 spiro atoms. The summed E-state index contributed by atoms with van der Waals surface area (Å²) in [6.07, 6.45) is 1.13. The van der Waals surface area contributed by atoms with E-state index in [1.165, 1.54) is 12.1 Å². The fraction of sp³-hybridized carbons (Fsp3) is 0.200. The Morgan fingerprint density at radius 2 is 1.55 bits per heavy atom. The second-order valence-electron chi connectivity index (χ2n) is 9.40. The quantitative estimate of drug-likeness (QED) is 0.0424. The summed E-state index contributed by atoms with van der Waals surface area (Å²) in [5.41, 5.74) is 4.75. The molecule has 1 aromatic heterocycles. The van der Waals surface area contributed by atoms with Crippen molar-refractivity contribution in [3.8, 4) is 11.8 Å². The zero-order valence-electron chi connectivity index (χ0n) is 22.9. The number of aromatic hydroxyl groups is 2. The molecule has 1 heterocycles. The van der Waals surface area contributed by atoms with Crippen LogP contribution in [0.3, 0.4) is 0 Å². The van der Waals surface area contributed by atoms with Gasteiger partial charge < -0.3 is 31.7 Å². The summed E-state index contributed by atoms with van der Waals surface area (Å²) in [4.78, 5) is 20.7. The van der Waals surface area contributed by atoms with Crippen molar-refractivity contribution in [1.29, 1.82) is 0 Å². The summed E-state index contributed by atoms with van der Waals surface area (Å²) in [5.74, 6) is -2.51. The fourth-order valence-electron chi connectivity index (χ4n) is 4.04. The minimum atomic E-state index is -5.06. The van der Waals surface area contributed by atoms with Crippen LogP contribution in [0, 0.1) is 0 Å². The number of unbranched alkanes of at least 4 members (excludes halogenated alkanes) is 1. The first-order chi connectivity index (χ1) is 21.1. The Morgan fingerprint density at radius 1 is 0.894 bits per heavy atom. The first kappa shape index (κ1) is 40.2. The molecule has 4 aromatic rings. The van der Waals surface area contributed by atoms with Crippen molar-refractivity contribution in [2.24, 2.45) is 16.0 Å². The third kappa shape index (κ3) is 10.7. The number of carboxylic acids is 1. The molecule has 0 bridgehead atoms. The van der Waals surface area contributed by atoms with Gasteiger partial charge >= 0.3 is 71.1 Å². The monoisotopic (exact) mass is 710 g/mol. The van der Waals surface area contributed by atoms with Gasteiger partial charge in [-0.15, -0.1) is 5.11 Å². The Bertz CT molecular complexity index is 2000. The molecule has 1 unspecified atom stereocenters. The van der Waals surface area contributed by atoms with E-state index < -0.39 is 59.5 Å². The maximum absolute atomic E-state index is 12.2. The van der Waals surface area contributed by atoms with Gasteiger partial charge in [0.2, 0.25) is 11.9 Å². The van der Waals surface area contributed by atoms with Gasteiger partial charge in [0, 0.05) is 11.9 Å². The summed E-state index contributed by atoms with van der Waals surface area (Å²) in [7, 11) is -9.97. The molecule has 0 aliphatic heterocycles. The number of aliphatic carboxylic acids is 1. The number of carboxylic acid groups (broad SMARTS) is 1. The van der Waals surface area contributed by atoms with Gasteiger partial charge in [-0.1, -0.05) is 18.2 Å². The third-order valence-electron chi connectivity index (χ3n) is 6.13. The number of benzene rings is 3. The predicted molar refractivity (Wildman–Crippen MR) is 173 cm³/mol. The number of nitrogens with zero attached hydrogens (tertiary/aromatic N) is 5. The first-order valence-electron chi connectivity index (χ1n) is 12.8. The molecule has 18 nitrogen and oxygen atoms in total. The van der Waals surface area contributed by atoms with Crippen LogP contribution in [-0.2, 0) is 25.0 Å². The zero-order valence-corrected chi connectivity index (χ0v) is 24.6. The van der Waals surface area contributed by atoms with Crippen LogP contribution >= 0.6 is 0 Å². The van der Waals surface area contributed by atoms with Gasteiger partial charge in [0.1, 0.15) is 16.6 Å². The summed E-state index contributed by atoms with van der Waals surface area (Å²) < 4.78 is 68.3. The normalized spacial score (nSPS) is 12.2. The van der Waals surface area contributed by atoms with Crippen LogP contribution in [0.1, 0.15) is 19.3 Å². The molecule has 242 valence electrons. The minimum absolute atomic E-state index is 0. The van der Waals surface area contributed by atoms with E-state index >= 15 is 0 Å². The number of fused-ring (bicyclic) bond motifs is 1. The average Bonchev–Trinajstić information content (AvgIpc) is 2.95. The molecule has 22 heteroatoms. The van der Waals surface area contributed by atoms with Crippen LogP contribution < -0.4 is 16.4 Å². The number of nitrogens with one attached hydrogen (secondary N) is 2. The molecule has 0 amide bonds. The number of hydrogen-bond donors (Lipinski definition) is 8. The molecule has 0 saturated heterocycles. The van der Waals surface area contributed by atoms with Gasteiger partial charge in [0.15, 0.2) is 5.75 Å². The Balaban J connectivity index is 0.00000384. The molecular weight excluding hydrogens is 682 g/mol. The molecular formula is C25H28N8Na2O10S2. The van der Waals surface area contributed by atoms with Crippen molar-refractivity contribution in [1.82, 2.24) is 15.0 Å². The van der Waals surface area contributed by atoms with Gasteiger partial charge in [0.25, 0.3) is 20.2 Å². The van der Waals surface area contributed by atoms with Gasteiger partial charge in [-0.3, -0.25) is 13.9 Å². The topological polar surface area (TPSA) is 300 Å². The molecule has 0 radical (unpaired) electrons. The van der Waals surface area contributed by atoms with Gasteiger partial charge in [-0.05, 0) is 55.0 Å². The molecule has 47 heavy (non-hydrogen) atoms. The van der Waals surface area contributed by atoms with E-state index in [-0.39, 0.29) is 106 Å². The van der Waals surface area contributed by atoms with Crippen molar-refractivity contribution in [2.75, 3.05) is 17.2 Å². The number of rotatable bonds is 13. The summed E-state index contributed by atoms with van der Waals surface area (Å²) in [5, 5.41) is 42.8. The summed E-state index contributed by atoms with van der Waals surface area (Å²) in [6.45, 7) is 0.241. The predicted octanol–water partition coefficient (Wildman–Crippen LogP) is 1.79. The average molecular weight is 711 g/mol. The fourth-order valence-corrected chi connectivity index (χ4v) is 5.24. The third-order valence-corrected chi connectivity index (χ3v) is 7.83. The zero-order chi connectivity index (χ0) is 32.9. The standard InChI is InChI=1S/C25H26N8O10S2.2Na.2H/c26-16(22(35)36)8-4-5-9-27-23-29-24(31-25(37)30-23)28-17-12-15(44(38,39)40)10-13-11-18(45(41,42)43)20(21(34)19(13)17)33-32-14-6-2-1-3-7-14;;;;/h1-3,6-7,10-12,16,34H,4-5,8-9,26H2,(H,35,36)(H,38,39,40)(H,41,42,43)(H3,27,28,29,30,31,37);;;;/b33-32+;;;;. The number of anilines is 3. The summed E-state index contributed by atoms with van der Waals surface area (Å²) in [6, 6.07) is 8.76. The van der Waals surface area contributed by atoms with Crippen LogP contribution in [0.4, 0.5) is 29.0 Å². The van der Waals surface area contributed by atoms with Gasteiger partial charge in [0.05, 0.1) is 16.3 Å². The van der Waals surface area contributed by atoms with Gasteiger partial charge in [-0.25, -0.2) is 0 Å². The van der Waals surface area contributed by atoms with Crippen molar-refractivity contribution in [3.05, 3.63) is 48.5 Å². The number of nitrogens with two attached hydrogens (primary N) is 1. The molecule has 9 N–H and O–H groups in total. The number of carbonyl (C=O) groups is 1. The second-order valence-corrected chi connectivity index (χ2v) is 12.2. The Kier molecular flexibility index (Phi) is 14.4. The molecule has 0 saturated carbocycles. The molecule has 0 fully saturated rings. The maximum atomic E-state index is 12.2. The molecule has 0 aliphatic carbocycles. The van der Waals surface area contributed by atoms with E-state index in [4.69, 9.17) is 10.8 Å². The van der Waals surface area contributed by atoms with E-state index in [2.05, 4.69) is 35.8 Å². The molecule has 1 atom stereocenters. The first-order valence-corrected chi connectivity index (χ1v) is 15.7. The number of azo groups is 1. The van der Waals surface area contributed by atoms with Crippen LogP contribution in [0.25, 0.3) is 10.8 Å². The molecule has 0 aliphatic rings. The van der Waals surface area contributed by atoms with Crippen molar-refractivity contribution in [2.45, 2.75) is 35.1 Å². The van der Waals surface area contributed by atoms with Crippen molar-refractivity contribution < 1.29 is 46.1 Å². The second kappa shape index (κ2) is 16.9. The number of phenols is 1. The van der Waals surface area contributed by atoms with Crippen molar-refractivity contribution >= 4 is 125 Å². The molecule has 3 aromatic carbocycles. The Morgan fingerprint density at radius 3 is 2.17 bits per heavy atom. The number of phenolic OH excluding ortho intramolecular Hbond substituents is 1. The Labute approximate surface area is 312 Å². The van der Waals surface area contributed by atoms with E-state index in [0.717, 1.165) is 18.2 Å². The number of hydrogen-bond acceptors (Lipinski definition) is 15. The van der Waals surface area contributed by atoms with E-state index in [1.807, 2.05) is 0 Å². The van der Waals surface area contributed by atoms with Crippen molar-refractivity contribution in [3.63, 3.8) is 0 Å². The van der Waals surface area contributed by atoms with E-state index in [0.29, 0.717) is 12.8 Å². The van der Waals surface area contributed by atoms with Gasteiger partial charge in [-0.2, -0.15) is 36.9 Å². The van der Waals surface area contributed by atoms with Crippen LogP contribution in [0.5, 0.6) is 11.8 Å². The summed E-state index contributed by atoms with van der Waals surface area (Å²) >= 11 is 0. The van der Waals surface area contributed by atoms with Crippen LogP contribution in [0.2, 0.25) is 0 Å². The van der Waals surface area contributed by atoms with Crippen LogP contribution in [0.15, 0.2) is 68.6 Å².